The molecule has 2 N–H and O–H groups in total. The Kier molecular flexibility index (Phi) is 3.94. The van der Waals surface area contributed by atoms with Crippen molar-refractivity contribution in [2.45, 2.75) is 18.9 Å². The number of nitrogens with one attached hydrogen (secondary N) is 1. The molecule has 1 unspecified atom stereocenters. The van der Waals surface area contributed by atoms with Crippen molar-refractivity contribution in [2.75, 3.05) is 6.54 Å². The molecule has 1 aromatic carbocycles. The summed E-state index contributed by atoms with van der Waals surface area (Å²) in [5.41, 5.74) is 0.991. The number of amides is 1. The van der Waals surface area contributed by atoms with Gasteiger partial charge < -0.3 is 10.4 Å². The Morgan fingerprint density at radius 1 is 1.41 bits per heavy atom. The summed E-state index contributed by atoms with van der Waals surface area (Å²) in [6.07, 6.45) is 5.03. The molecule has 3 nitrogen and oxygen atoms in total. The molecule has 0 aliphatic heterocycles. The molecule has 2 rings (SSSR count). The van der Waals surface area contributed by atoms with Crippen molar-refractivity contribution in [3.05, 3.63) is 42.0 Å². The van der Waals surface area contributed by atoms with E-state index in [0.29, 0.717) is 12.5 Å². The van der Waals surface area contributed by atoms with Gasteiger partial charge in [-0.05, 0) is 30.4 Å². The molecule has 0 heterocycles. The van der Waals surface area contributed by atoms with Gasteiger partial charge in [0.05, 0.1) is 6.10 Å². The predicted molar refractivity (Wildman–Crippen MR) is 67.2 cm³/mol. The van der Waals surface area contributed by atoms with E-state index >= 15 is 0 Å². The zero-order valence-corrected chi connectivity index (χ0v) is 9.67. The lowest BCUT2D eigenvalue weighted by molar-refractivity contribution is -0.116. The van der Waals surface area contributed by atoms with Gasteiger partial charge in [-0.1, -0.05) is 30.3 Å². The Hall–Kier alpha value is -1.61. The van der Waals surface area contributed by atoms with E-state index in [4.69, 9.17) is 0 Å². The van der Waals surface area contributed by atoms with Crippen LogP contribution in [0.1, 0.15) is 18.4 Å². The summed E-state index contributed by atoms with van der Waals surface area (Å²) in [4.78, 5) is 11.5. The Balaban J connectivity index is 1.75. The molecule has 1 aliphatic carbocycles. The second-order valence-corrected chi connectivity index (χ2v) is 4.39. The number of aliphatic hydroxyl groups excluding tert-OH is 1. The average molecular weight is 231 g/mol. The third-order valence-corrected chi connectivity index (χ3v) is 2.88. The van der Waals surface area contributed by atoms with Gasteiger partial charge in [-0.25, -0.2) is 0 Å². The van der Waals surface area contributed by atoms with E-state index in [1.807, 2.05) is 30.3 Å². The minimum absolute atomic E-state index is 0.159. The van der Waals surface area contributed by atoms with Crippen molar-refractivity contribution in [3.63, 3.8) is 0 Å². The maximum absolute atomic E-state index is 11.5. The highest BCUT2D eigenvalue weighted by Crippen LogP contribution is 2.32. The summed E-state index contributed by atoms with van der Waals surface area (Å²) in [6, 6.07) is 9.65. The predicted octanol–water partition coefficient (Wildman–Crippen LogP) is 1.59. The molecule has 3 heteroatoms. The van der Waals surface area contributed by atoms with Gasteiger partial charge >= 0.3 is 0 Å². The first-order valence-electron chi connectivity index (χ1n) is 5.95. The molecule has 90 valence electrons. The average Bonchev–Trinajstić information content (AvgIpc) is 3.19. The Bertz CT molecular complexity index is 396. The minimum Gasteiger partial charge on any atom is -0.391 e. The molecule has 1 aliphatic rings. The quantitative estimate of drug-likeness (QED) is 0.756. The highest BCUT2D eigenvalue weighted by atomic mass is 16.3. The number of carbonyl (C=O) groups is 1. The molecule has 17 heavy (non-hydrogen) atoms. The molecular weight excluding hydrogens is 214 g/mol. The zero-order valence-electron chi connectivity index (χ0n) is 9.67. The number of hydrogen-bond acceptors (Lipinski definition) is 2. The van der Waals surface area contributed by atoms with Crippen LogP contribution in [0.5, 0.6) is 0 Å². The second-order valence-electron chi connectivity index (χ2n) is 4.39. The van der Waals surface area contributed by atoms with Gasteiger partial charge in [0.2, 0.25) is 5.91 Å². The first-order chi connectivity index (χ1) is 8.25. The zero-order chi connectivity index (χ0) is 12.1. The molecule has 0 saturated heterocycles. The normalized spacial score (nSPS) is 17.0. The summed E-state index contributed by atoms with van der Waals surface area (Å²) in [5, 5.41) is 12.3. The molecule has 1 saturated carbocycles. The van der Waals surface area contributed by atoms with Crippen LogP contribution in [0, 0.1) is 5.92 Å². The van der Waals surface area contributed by atoms with Gasteiger partial charge in [0.1, 0.15) is 0 Å². The number of hydrogen-bond donors (Lipinski definition) is 2. The Morgan fingerprint density at radius 3 is 2.76 bits per heavy atom. The van der Waals surface area contributed by atoms with Crippen LogP contribution in [0.2, 0.25) is 0 Å². The lowest BCUT2D eigenvalue weighted by Gasteiger charge is -2.08. The van der Waals surface area contributed by atoms with Crippen LogP contribution in [0.25, 0.3) is 6.08 Å². The van der Waals surface area contributed by atoms with Crippen LogP contribution in [0.4, 0.5) is 0 Å². The van der Waals surface area contributed by atoms with Gasteiger partial charge in [-0.15, -0.1) is 0 Å². The number of rotatable bonds is 5. The molecule has 1 aromatic rings. The van der Waals surface area contributed by atoms with Crippen LogP contribution in [-0.2, 0) is 4.79 Å². The van der Waals surface area contributed by atoms with E-state index in [2.05, 4.69) is 5.32 Å². The van der Waals surface area contributed by atoms with E-state index in [1.54, 1.807) is 6.08 Å². The first kappa shape index (κ1) is 11.9. The SMILES string of the molecule is O=C(/C=C/c1ccccc1)NCC(O)C1CC1. The van der Waals surface area contributed by atoms with Crippen molar-refractivity contribution in [2.24, 2.45) is 5.92 Å². The Labute approximate surface area is 101 Å². The van der Waals surface area contributed by atoms with Gasteiger partial charge in [0.15, 0.2) is 0 Å². The maximum Gasteiger partial charge on any atom is 0.244 e. The maximum atomic E-state index is 11.5. The molecule has 0 spiro atoms. The molecule has 1 fully saturated rings. The van der Waals surface area contributed by atoms with E-state index in [9.17, 15) is 9.90 Å². The smallest absolute Gasteiger partial charge is 0.244 e. The van der Waals surface area contributed by atoms with Crippen LogP contribution >= 0.6 is 0 Å². The van der Waals surface area contributed by atoms with Crippen LogP contribution in [0.15, 0.2) is 36.4 Å². The molecule has 0 aromatic heterocycles. The minimum atomic E-state index is -0.385. The summed E-state index contributed by atoms with van der Waals surface area (Å²) in [6.45, 7) is 0.350. The topological polar surface area (TPSA) is 49.3 Å². The number of aliphatic hydroxyl groups is 1. The van der Waals surface area contributed by atoms with Crippen LogP contribution < -0.4 is 5.32 Å². The van der Waals surface area contributed by atoms with Crippen molar-refractivity contribution in [3.8, 4) is 0 Å². The van der Waals surface area contributed by atoms with E-state index < -0.39 is 0 Å². The van der Waals surface area contributed by atoms with Crippen molar-refractivity contribution >= 4 is 12.0 Å². The molecule has 0 radical (unpaired) electrons. The highest BCUT2D eigenvalue weighted by molar-refractivity contribution is 5.91. The fourth-order valence-corrected chi connectivity index (χ4v) is 1.65. The fraction of sp³-hybridized carbons (Fsp3) is 0.357. The summed E-state index contributed by atoms with van der Waals surface area (Å²) in [5.74, 6) is 0.238. The lowest BCUT2D eigenvalue weighted by Crippen LogP contribution is -2.31. The first-order valence-corrected chi connectivity index (χ1v) is 5.95. The van der Waals surface area contributed by atoms with Crippen molar-refractivity contribution in [1.29, 1.82) is 0 Å². The van der Waals surface area contributed by atoms with Gasteiger partial charge in [0, 0.05) is 12.6 Å². The van der Waals surface area contributed by atoms with E-state index in [0.717, 1.165) is 18.4 Å². The highest BCUT2D eigenvalue weighted by Gasteiger charge is 2.29. The van der Waals surface area contributed by atoms with Crippen molar-refractivity contribution in [1.82, 2.24) is 5.32 Å². The van der Waals surface area contributed by atoms with E-state index in [1.165, 1.54) is 6.08 Å². The molecular formula is C14H17NO2. The molecule has 1 amide bonds. The van der Waals surface area contributed by atoms with Gasteiger partial charge in [-0.2, -0.15) is 0 Å². The molecule has 0 bridgehead atoms. The standard InChI is InChI=1S/C14H17NO2/c16-13(12-7-8-12)10-15-14(17)9-6-11-4-2-1-3-5-11/h1-6,9,12-13,16H,7-8,10H2,(H,15,17)/b9-6+. The largest absolute Gasteiger partial charge is 0.391 e. The van der Waals surface area contributed by atoms with Crippen LogP contribution in [-0.4, -0.2) is 23.7 Å². The Morgan fingerprint density at radius 2 is 2.12 bits per heavy atom. The summed E-state index contributed by atoms with van der Waals surface area (Å²) in [7, 11) is 0. The third-order valence-electron chi connectivity index (χ3n) is 2.88. The van der Waals surface area contributed by atoms with Gasteiger partial charge in [-0.3, -0.25) is 4.79 Å². The van der Waals surface area contributed by atoms with Gasteiger partial charge in [0.25, 0.3) is 0 Å². The molecule has 1 atom stereocenters. The summed E-state index contributed by atoms with van der Waals surface area (Å²) < 4.78 is 0. The lowest BCUT2D eigenvalue weighted by atomic mass is 10.2. The van der Waals surface area contributed by atoms with E-state index in [-0.39, 0.29) is 12.0 Å². The van der Waals surface area contributed by atoms with Crippen molar-refractivity contribution < 1.29 is 9.90 Å². The monoisotopic (exact) mass is 231 g/mol. The second kappa shape index (κ2) is 5.64. The van der Waals surface area contributed by atoms with Crippen LogP contribution in [0.3, 0.4) is 0 Å². The summed E-state index contributed by atoms with van der Waals surface area (Å²) >= 11 is 0. The number of carbonyl (C=O) groups excluding carboxylic acids is 1. The number of benzene rings is 1. The third kappa shape index (κ3) is 4.04. The fourth-order valence-electron chi connectivity index (χ4n) is 1.65.